The Morgan fingerprint density at radius 1 is 1.04 bits per heavy atom. The fourth-order valence-corrected chi connectivity index (χ4v) is 2.47. The molecule has 0 aliphatic rings. The molecule has 0 saturated heterocycles. The van der Waals surface area contributed by atoms with E-state index in [0.29, 0.717) is 5.56 Å². The molecule has 0 aliphatic heterocycles. The average molecular weight is 442 g/mol. The van der Waals surface area contributed by atoms with Crippen molar-refractivity contribution in [3.8, 4) is 0 Å². The van der Waals surface area contributed by atoms with Crippen LogP contribution in [0.15, 0.2) is 47.4 Å². The quantitative estimate of drug-likeness (QED) is 0.444. The maximum absolute atomic E-state index is 11.3. The molecule has 0 aromatic heterocycles. The summed E-state index contributed by atoms with van der Waals surface area (Å²) in [4.78, 5) is -0.0776. The molecule has 0 aliphatic carbocycles. The first-order chi connectivity index (χ1) is 10.7. The van der Waals surface area contributed by atoms with E-state index in [-0.39, 0.29) is 37.6 Å². The van der Waals surface area contributed by atoms with Gasteiger partial charge in [0, 0.05) is 32.7 Å². The van der Waals surface area contributed by atoms with Crippen molar-refractivity contribution in [2.24, 2.45) is 0 Å². The van der Waals surface area contributed by atoms with E-state index in [1.807, 2.05) is 12.1 Å². The van der Waals surface area contributed by atoms with Crippen molar-refractivity contribution in [1.29, 1.82) is 0 Å². The van der Waals surface area contributed by atoms with Gasteiger partial charge in [0.05, 0.1) is 0 Å². The molecular weight excluding hydrogens is 429 g/mol. The Labute approximate surface area is 167 Å². The second-order valence-corrected chi connectivity index (χ2v) is 6.19. The van der Waals surface area contributed by atoms with Gasteiger partial charge in [0.2, 0.25) is 0 Å². The van der Waals surface area contributed by atoms with Crippen LogP contribution in [0.1, 0.15) is 16.7 Å². The monoisotopic (exact) mass is 442 g/mol. The minimum Gasteiger partial charge on any atom is -0.282 e. The van der Waals surface area contributed by atoms with Crippen LogP contribution in [0.25, 0.3) is 12.2 Å². The molecule has 1 radical (unpaired) electrons. The fourth-order valence-electron chi connectivity index (χ4n) is 1.70. The Hall–Kier alpha value is -1.19. The minimum atomic E-state index is -4.22. The fraction of sp³-hybridized carbons (Fsp3) is 0.0667. The molecule has 0 bridgehead atoms. The summed E-state index contributed by atoms with van der Waals surface area (Å²) in [6, 6.07) is 15.1. The third-order valence-electron chi connectivity index (χ3n) is 2.65. The summed E-state index contributed by atoms with van der Waals surface area (Å²) in [5, 5.41) is 0. The molecule has 2 aromatic rings. The molecule has 9 heteroatoms. The first kappa shape index (κ1) is 22.8. The minimum absolute atomic E-state index is 0. The summed E-state index contributed by atoms with van der Waals surface area (Å²) in [7, 11) is -7.33. The Bertz CT molecular complexity index is 898. The average Bonchev–Trinajstić information content (AvgIpc) is 2.45. The van der Waals surface area contributed by atoms with Crippen LogP contribution < -0.4 is 0 Å². The van der Waals surface area contributed by atoms with Gasteiger partial charge in [0.25, 0.3) is 10.1 Å². The largest absolute Gasteiger partial charge is 0.425 e. The SMILES string of the molecule is Cc1ccc(/C=C/c2cc[c-]cc2)c(S(=O)(=O)O)c1.O=S(=O)=O.[Y]. The third kappa shape index (κ3) is 8.61. The van der Waals surface area contributed by atoms with Crippen LogP contribution in [0.5, 0.6) is 0 Å². The van der Waals surface area contributed by atoms with E-state index < -0.39 is 20.7 Å². The molecule has 1 N–H and O–H groups in total. The zero-order chi connectivity index (χ0) is 17.5. The maximum Gasteiger partial charge on any atom is 0.425 e. The van der Waals surface area contributed by atoms with Crippen LogP contribution in [0.3, 0.4) is 0 Å². The summed E-state index contributed by atoms with van der Waals surface area (Å²) in [6.07, 6.45) is 3.45. The molecule has 2 aromatic carbocycles. The van der Waals surface area contributed by atoms with Crippen LogP contribution in [0.4, 0.5) is 0 Å². The van der Waals surface area contributed by atoms with Gasteiger partial charge in [-0.3, -0.25) is 4.55 Å². The Morgan fingerprint density at radius 3 is 2.08 bits per heavy atom. The maximum atomic E-state index is 11.3. The molecule has 0 heterocycles. The van der Waals surface area contributed by atoms with Crippen molar-refractivity contribution in [2.45, 2.75) is 11.8 Å². The summed E-state index contributed by atoms with van der Waals surface area (Å²) in [5.41, 5.74) is 2.17. The number of hydrogen-bond acceptors (Lipinski definition) is 5. The second kappa shape index (κ2) is 10.6. The molecule has 0 atom stereocenters. The Balaban J connectivity index is 0.000000954. The van der Waals surface area contributed by atoms with Crippen molar-refractivity contribution in [3.05, 3.63) is 65.2 Å². The molecule has 0 amide bonds. The zero-order valence-corrected chi connectivity index (χ0v) is 17.0. The smallest absolute Gasteiger partial charge is 0.282 e. The van der Waals surface area contributed by atoms with E-state index in [0.717, 1.165) is 11.1 Å². The van der Waals surface area contributed by atoms with Gasteiger partial charge in [0.15, 0.2) is 0 Å². The zero-order valence-electron chi connectivity index (χ0n) is 12.6. The second-order valence-electron chi connectivity index (χ2n) is 4.39. The summed E-state index contributed by atoms with van der Waals surface area (Å²) < 4.78 is 57.2. The number of rotatable bonds is 3. The van der Waals surface area contributed by atoms with Crippen molar-refractivity contribution < 1.29 is 58.3 Å². The molecule has 0 saturated carbocycles. The van der Waals surface area contributed by atoms with E-state index in [1.165, 1.54) is 6.07 Å². The number of benzene rings is 2. The standard InChI is InChI=1S/C15H13O3S.O3S.Y/c1-12-7-9-14(15(11-12)19(16,17)18)10-8-13-5-3-2-4-6-13;1-4(2)3;/h3-11H,1H3,(H,16,17,18);;/q-1;;/b10-8+;;. The molecule has 0 unspecified atom stereocenters. The van der Waals surface area contributed by atoms with Gasteiger partial charge in [-0.15, -0.1) is 18.2 Å². The first-order valence-electron chi connectivity index (χ1n) is 6.19. The number of aryl methyl sites for hydroxylation is 1. The van der Waals surface area contributed by atoms with E-state index in [9.17, 15) is 13.0 Å². The molecule has 2 rings (SSSR count). The van der Waals surface area contributed by atoms with Gasteiger partial charge in [-0.25, -0.2) is 0 Å². The van der Waals surface area contributed by atoms with E-state index >= 15 is 0 Å². The van der Waals surface area contributed by atoms with Gasteiger partial charge in [-0.2, -0.15) is 38.7 Å². The molecule has 0 spiro atoms. The van der Waals surface area contributed by atoms with Crippen molar-refractivity contribution in [3.63, 3.8) is 0 Å². The topological polar surface area (TPSA) is 106 Å². The normalized spacial score (nSPS) is 10.4. The Kier molecular flexibility index (Phi) is 10.1. The van der Waals surface area contributed by atoms with Gasteiger partial charge >= 0.3 is 10.6 Å². The van der Waals surface area contributed by atoms with Crippen molar-refractivity contribution in [1.82, 2.24) is 0 Å². The first-order valence-corrected chi connectivity index (χ1v) is 8.63. The summed E-state index contributed by atoms with van der Waals surface area (Å²) in [5.74, 6) is 0. The summed E-state index contributed by atoms with van der Waals surface area (Å²) >= 11 is 0. The van der Waals surface area contributed by atoms with Gasteiger partial charge < -0.3 is 0 Å². The van der Waals surface area contributed by atoms with E-state index in [2.05, 4.69) is 6.07 Å². The molecule has 6 nitrogen and oxygen atoms in total. The third-order valence-corrected chi connectivity index (χ3v) is 3.56. The van der Waals surface area contributed by atoms with Gasteiger partial charge in [0.1, 0.15) is 4.90 Å². The van der Waals surface area contributed by atoms with Crippen LogP contribution in [-0.4, -0.2) is 25.6 Å². The van der Waals surface area contributed by atoms with Crippen LogP contribution in [0.2, 0.25) is 0 Å². The van der Waals surface area contributed by atoms with Crippen LogP contribution >= 0.6 is 0 Å². The van der Waals surface area contributed by atoms with E-state index in [4.69, 9.17) is 12.6 Å². The van der Waals surface area contributed by atoms with Crippen molar-refractivity contribution >= 4 is 32.9 Å². The van der Waals surface area contributed by atoms with Crippen LogP contribution in [0, 0.1) is 13.0 Å². The predicted octanol–water partition coefficient (Wildman–Crippen LogP) is 2.21. The summed E-state index contributed by atoms with van der Waals surface area (Å²) in [6.45, 7) is 1.77. The van der Waals surface area contributed by atoms with Gasteiger partial charge in [-0.05, 0) is 24.1 Å². The van der Waals surface area contributed by atoms with Crippen molar-refractivity contribution in [2.75, 3.05) is 0 Å². The van der Waals surface area contributed by atoms with Gasteiger partial charge in [-0.1, -0.05) is 24.3 Å². The van der Waals surface area contributed by atoms with Crippen LogP contribution in [-0.2, 0) is 53.4 Å². The van der Waals surface area contributed by atoms with E-state index in [1.54, 1.807) is 43.3 Å². The molecule has 0 fully saturated rings. The number of hydrogen-bond donors (Lipinski definition) is 1. The molecule has 125 valence electrons. The molecule has 24 heavy (non-hydrogen) atoms. The Morgan fingerprint density at radius 2 is 1.58 bits per heavy atom. The molecular formula is C15H13O6S2Y-. The predicted molar refractivity (Wildman–Crippen MR) is 84.9 cm³/mol.